The van der Waals surface area contributed by atoms with Crippen LogP contribution in [0.5, 0.6) is 0 Å². The lowest BCUT2D eigenvalue weighted by Crippen LogP contribution is -2.43. The maximum atomic E-state index is 13.7. The van der Waals surface area contributed by atoms with Crippen LogP contribution in [-0.4, -0.2) is 16.3 Å². The molecule has 2 aromatic carbocycles. The van der Waals surface area contributed by atoms with Crippen LogP contribution in [0.1, 0.15) is 16.7 Å². The number of alkyl halides is 3. The van der Waals surface area contributed by atoms with E-state index in [0.29, 0.717) is 5.52 Å². The molecule has 1 unspecified atom stereocenters. The van der Waals surface area contributed by atoms with E-state index >= 15 is 0 Å². The van der Waals surface area contributed by atoms with Crippen LogP contribution in [0.2, 0.25) is 0 Å². The highest BCUT2D eigenvalue weighted by Gasteiger charge is 2.57. The molecule has 2 N–H and O–H groups in total. The van der Waals surface area contributed by atoms with Gasteiger partial charge in [-0.25, -0.2) is 0 Å². The summed E-state index contributed by atoms with van der Waals surface area (Å²) < 4.78 is 41.2. The second-order valence-electron chi connectivity index (χ2n) is 5.15. The van der Waals surface area contributed by atoms with Crippen LogP contribution in [0.25, 0.3) is 10.9 Å². The Labute approximate surface area is 129 Å². The summed E-state index contributed by atoms with van der Waals surface area (Å²) >= 11 is 0. The molecule has 0 fully saturated rings. The van der Waals surface area contributed by atoms with Crippen molar-refractivity contribution >= 4 is 10.9 Å². The van der Waals surface area contributed by atoms with Crippen molar-refractivity contribution in [2.75, 3.05) is 0 Å². The Bertz CT molecular complexity index is 894. The first kappa shape index (κ1) is 15.1. The van der Waals surface area contributed by atoms with Crippen LogP contribution in [0.3, 0.4) is 0 Å². The van der Waals surface area contributed by atoms with E-state index in [1.165, 1.54) is 42.5 Å². The number of nitriles is 1. The van der Waals surface area contributed by atoms with Crippen molar-refractivity contribution < 1.29 is 18.3 Å². The van der Waals surface area contributed by atoms with E-state index in [4.69, 9.17) is 5.26 Å². The van der Waals surface area contributed by atoms with Crippen LogP contribution in [0.15, 0.2) is 54.7 Å². The molecule has 0 aliphatic heterocycles. The number of rotatable bonds is 2. The molecule has 0 saturated heterocycles. The van der Waals surface area contributed by atoms with E-state index in [-0.39, 0.29) is 22.1 Å². The van der Waals surface area contributed by atoms with Crippen LogP contribution in [0, 0.1) is 11.3 Å². The van der Waals surface area contributed by atoms with Gasteiger partial charge >= 0.3 is 6.18 Å². The fraction of sp³-hybridized carbons (Fsp3) is 0.118. The summed E-state index contributed by atoms with van der Waals surface area (Å²) in [4.78, 5) is 2.72. The minimum atomic E-state index is -4.92. The lowest BCUT2D eigenvalue weighted by Gasteiger charge is -2.31. The van der Waals surface area contributed by atoms with E-state index in [1.54, 1.807) is 6.07 Å². The lowest BCUT2D eigenvalue weighted by molar-refractivity contribution is -0.247. The van der Waals surface area contributed by atoms with Crippen molar-refractivity contribution in [3.63, 3.8) is 0 Å². The molecule has 3 rings (SSSR count). The molecule has 0 amide bonds. The van der Waals surface area contributed by atoms with Gasteiger partial charge in [-0.1, -0.05) is 30.3 Å². The predicted octanol–water partition coefficient (Wildman–Crippen LogP) is 3.84. The van der Waals surface area contributed by atoms with E-state index in [1.807, 2.05) is 6.07 Å². The minimum Gasteiger partial charge on any atom is -0.372 e. The number of fused-ring (bicyclic) bond motifs is 1. The topological polar surface area (TPSA) is 59.8 Å². The molecule has 0 spiro atoms. The van der Waals surface area contributed by atoms with Gasteiger partial charge in [0.15, 0.2) is 0 Å². The summed E-state index contributed by atoms with van der Waals surface area (Å²) in [5, 5.41) is 19.7. The Hall–Kier alpha value is -2.78. The van der Waals surface area contributed by atoms with Crippen molar-refractivity contribution in [1.29, 1.82) is 5.26 Å². The molecule has 0 saturated carbocycles. The first-order chi connectivity index (χ1) is 10.9. The van der Waals surface area contributed by atoms with Gasteiger partial charge in [0, 0.05) is 22.7 Å². The number of nitrogens with zero attached hydrogens (tertiary/aromatic N) is 1. The van der Waals surface area contributed by atoms with E-state index < -0.39 is 11.8 Å². The number of benzene rings is 2. The highest BCUT2D eigenvalue weighted by atomic mass is 19.4. The third-order valence-electron chi connectivity index (χ3n) is 3.80. The Morgan fingerprint density at radius 3 is 2.35 bits per heavy atom. The van der Waals surface area contributed by atoms with Gasteiger partial charge in [0.2, 0.25) is 5.60 Å². The van der Waals surface area contributed by atoms with Crippen molar-refractivity contribution in [2.45, 2.75) is 11.8 Å². The van der Waals surface area contributed by atoms with Crippen molar-refractivity contribution in [3.05, 3.63) is 71.4 Å². The first-order valence-electron chi connectivity index (χ1n) is 6.74. The molecule has 0 aliphatic rings. The molecule has 0 bridgehead atoms. The van der Waals surface area contributed by atoms with Crippen molar-refractivity contribution in [2.24, 2.45) is 0 Å². The number of aromatic amines is 1. The number of nitrogens with one attached hydrogen (secondary N) is 1. The molecule has 0 radical (unpaired) electrons. The van der Waals surface area contributed by atoms with E-state index in [9.17, 15) is 18.3 Å². The highest BCUT2D eigenvalue weighted by molar-refractivity contribution is 5.86. The average molecular weight is 316 g/mol. The molecule has 1 aromatic heterocycles. The van der Waals surface area contributed by atoms with Gasteiger partial charge in [0.25, 0.3) is 0 Å². The smallest absolute Gasteiger partial charge is 0.372 e. The number of halogens is 3. The molecular weight excluding hydrogens is 305 g/mol. The van der Waals surface area contributed by atoms with Gasteiger partial charge in [0.05, 0.1) is 11.6 Å². The molecule has 1 atom stereocenters. The molecule has 23 heavy (non-hydrogen) atoms. The maximum absolute atomic E-state index is 13.7. The number of H-pyrrole nitrogens is 1. The first-order valence-corrected chi connectivity index (χ1v) is 6.74. The second kappa shape index (κ2) is 5.14. The fourth-order valence-electron chi connectivity index (χ4n) is 2.64. The van der Waals surface area contributed by atoms with E-state index in [2.05, 4.69) is 4.98 Å². The van der Waals surface area contributed by atoms with Gasteiger partial charge in [-0.15, -0.1) is 0 Å². The molecule has 0 aliphatic carbocycles. The number of hydrogen-bond donors (Lipinski definition) is 2. The minimum absolute atomic E-state index is 0.160. The normalized spacial score (nSPS) is 14.4. The molecule has 6 heteroatoms. The Balaban J connectivity index is 2.33. The molecular formula is C17H11F3N2O. The fourth-order valence-corrected chi connectivity index (χ4v) is 2.64. The maximum Gasteiger partial charge on any atom is 0.425 e. The quantitative estimate of drug-likeness (QED) is 0.754. The SMILES string of the molecule is N#Cc1ccc2[nH]cc(C(O)(c3ccccc3)C(F)(F)F)c2c1. The van der Waals surface area contributed by atoms with Gasteiger partial charge < -0.3 is 10.1 Å². The largest absolute Gasteiger partial charge is 0.425 e. The second-order valence-corrected chi connectivity index (χ2v) is 5.15. The van der Waals surface area contributed by atoms with Gasteiger partial charge in [-0.3, -0.25) is 0 Å². The van der Waals surface area contributed by atoms with Crippen LogP contribution in [0.4, 0.5) is 13.2 Å². The van der Waals surface area contributed by atoms with Gasteiger partial charge in [-0.05, 0) is 23.8 Å². The standard InChI is InChI=1S/C17H11F3N2O/c18-17(19,20)16(23,12-4-2-1-3-5-12)14-10-22-15-7-6-11(9-21)8-13(14)15/h1-8,10,22-23H. The molecule has 116 valence electrons. The zero-order valence-electron chi connectivity index (χ0n) is 11.7. The molecule has 3 nitrogen and oxygen atoms in total. The number of hydrogen-bond acceptors (Lipinski definition) is 2. The Morgan fingerprint density at radius 2 is 1.74 bits per heavy atom. The van der Waals surface area contributed by atoms with Gasteiger partial charge in [-0.2, -0.15) is 18.4 Å². The summed E-state index contributed by atoms with van der Waals surface area (Å²) in [6.07, 6.45) is -3.79. The zero-order chi connectivity index (χ0) is 16.7. The number of aromatic nitrogens is 1. The third kappa shape index (κ3) is 2.26. The number of aliphatic hydroxyl groups is 1. The molecule has 1 heterocycles. The van der Waals surface area contributed by atoms with Crippen molar-refractivity contribution in [3.8, 4) is 6.07 Å². The predicted molar refractivity (Wildman–Crippen MR) is 78.5 cm³/mol. The average Bonchev–Trinajstić information content (AvgIpc) is 2.97. The highest BCUT2D eigenvalue weighted by Crippen LogP contribution is 2.46. The summed E-state index contributed by atoms with van der Waals surface area (Å²) in [7, 11) is 0. The third-order valence-corrected chi connectivity index (χ3v) is 3.80. The van der Waals surface area contributed by atoms with Gasteiger partial charge in [0.1, 0.15) is 0 Å². The van der Waals surface area contributed by atoms with Crippen LogP contribution >= 0.6 is 0 Å². The van der Waals surface area contributed by atoms with Crippen LogP contribution in [-0.2, 0) is 5.60 Å². The summed E-state index contributed by atoms with van der Waals surface area (Å²) in [6, 6.07) is 13.1. The summed E-state index contributed by atoms with van der Waals surface area (Å²) in [6.45, 7) is 0. The Kier molecular flexibility index (Phi) is 3.38. The zero-order valence-corrected chi connectivity index (χ0v) is 11.7. The monoisotopic (exact) mass is 316 g/mol. The summed E-state index contributed by atoms with van der Waals surface area (Å²) in [5.41, 5.74) is -3.15. The van der Waals surface area contributed by atoms with Crippen LogP contribution < -0.4 is 0 Å². The Morgan fingerprint density at radius 1 is 1.04 bits per heavy atom. The summed E-state index contributed by atoms with van der Waals surface area (Å²) in [5.74, 6) is 0. The van der Waals surface area contributed by atoms with E-state index in [0.717, 1.165) is 6.20 Å². The lowest BCUT2D eigenvalue weighted by atomic mass is 9.85. The molecule has 3 aromatic rings. The van der Waals surface area contributed by atoms with Crippen molar-refractivity contribution in [1.82, 2.24) is 4.98 Å².